The van der Waals surface area contributed by atoms with Gasteiger partial charge in [0, 0.05) is 5.57 Å². The molecule has 33 heavy (non-hydrogen) atoms. The largest absolute Gasteiger partial charge is 0.506 e. The summed E-state index contributed by atoms with van der Waals surface area (Å²) in [6, 6.07) is 19.9. The van der Waals surface area contributed by atoms with E-state index in [2.05, 4.69) is 38.6 Å². The van der Waals surface area contributed by atoms with Gasteiger partial charge in [-0.3, -0.25) is 0 Å². The first-order chi connectivity index (χ1) is 15.7. The molecule has 0 aliphatic carbocycles. The Bertz CT molecular complexity index is 1280. The van der Waals surface area contributed by atoms with Gasteiger partial charge in [0.2, 0.25) is 11.5 Å². The summed E-state index contributed by atoms with van der Waals surface area (Å²) in [6.07, 6.45) is 0. The second kappa shape index (κ2) is 9.67. The summed E-state index contributed by atoms with van der Waals surface area (Å²) in [5.41, 5.74) is 7.91. The zero-order valence-corrected chi connectivity index (χ0v) is 18.9. The van der Waals surface area contributed by atoms with Crippen molar-refractivity contribution in [2.75, 3.05) is 6.61 Å². The quantitative estimate of drug-likeness (QED) is 0.218. The lowest BCUT2D eigenvalue weighted by Gasteiger charge is -2.19. The van der Waals surface area contributed by atoms with Crippen molar-refractivity contribution in [1.82, 2.24) is 0 Å². The molecule has 0 saturated carbocycles. The number of hydrogen-bond acceptors (Lipinski definition) is 5. The van der Waals surface area contributed by atoms with Crippen LogP contribution in [0.5, 0.6) is 0 Å². The van der Waals surface area contributed by atoms with Gasteiger partial charge in [-0.25, -0.2) is 0 Å². The van der Waals surface area contributed by atoms with Crippen molar-refractivity contribution in [2.24, 2.45) is 0 Å². The van der Waals surface area contributed by atoms with E-state index in [1.54, 1.807) is 6.07 Å². The Labute approximate surface area is 193 Å². The first-order valence-electron chi connectivity index (χ1n) is 10.5. The molecule has 0 fully saturated rings. The molecule has 5 N–H and O–H groups in total. The number of aliphatic hydroxyl groups excluding tert-OH is 5. The second-order valence-electron chi connectivity index (χ2n) is 7.92. The zero-order valence-electron chi connectivity index (χ0n) is 18.9. The lowest BCUT2D eigenvalue weighted by molar-refractivity contribution is 0.213. The molecular formula is C28H28O5. The normalized spacial score (nSPS) is 12.7. The third-order valence-electron chi connectivity index (χ3n) is 5.79. The Hall–Kier alpha value is -3.96. The van der Waals surface area contributed by atoms with Crippen LogP contribution in [0.25, 0.3) is 27.8 Å². The maximum Gasteiger partial charge on any atom is 0.204 e. The van der Waals surface area contributed by atoms with E-state index in [1.807, 2.05) is 43.3 Å². The zero-order chi connectivity index (χ0) is 24.3. The van der Waals surface area contributed by atoms with E-state index >= 15 is 0 Å². The van der Waals surface area contributed by atoms with Crippen molar-refractivity contribution in [1.29, 1.82) is 0 Å². The van der Waals surface area contributed by atoms with Crippen LogP contribution in [0, 0.1) is 20.8 Å². The van der Waals surface area contributed by atoms with E-state index < -0.39 is 29.6 Å². The van der Waals surface area contributed by atoms with E-state index in [0.717, 1.165) is 38.9 Å². The van der Waals surface area contributed by atoms with Crippen LogP contribution < -0.4 is 0 Å². The van der Waals surface area contributed by atoms with Crippen molar-refractivity contribution >= 4 is 5.57 Å². The van der Waals surface area contributed by atoms with Gasteiger partial charge >= 0.3 is 0 Å². The van der Waals surface area contributed by atoms with Crippen molar-refractivity contribution < 1.29 is 25.5 Å². The fraction of sp³-hybridized carbons (Fsp3) is 0.143. The predicted octanol–water partition coefficient (Wildman–Crippen LogP) is 6.61. The number of aryl methyl sites for hydroxylation is 2. The first kappa shape index (κ1) is 23.7. The molecule has 0 aliphatic heterocycles. The van der Waals surface area contributed by atoms with Gasteiger partial charge in [0.1, 0.15) is 6.61 Å². The van der Waals surface area contributed by atoms with Gasteiger partial charge in [0.25, 0.3) is 0 Å². The Morgan fingerprint density at radius 1 is 0.667 bits per heavy atom. The molecule has 0 bridgehead atoms. The highest BCUT2D eigenvalue weighted by Crippen LogP contribution is 2.39. The van der Waals surface area contributed by atoms with E-state index in [0.29, 0.717) is 5.56 Å². The SMILES string of the molecule is C=C(/C(O)=C(O)\C(O)=C(\O)CO)c1cccc(-c2cccc(C)c2-c2ccccc2C)c1C. The van der Waals surface area contributed by atoms with Crippen LogP contribution in [0.2, 0.25) is 0 Å². The highest BCUT2D eigenvalue weighted by atomic mass is 16.4. The Kier molecular flexibility index (Phi) is 6.95. The molecule has 0 radical (unpaired) electrons. The van der Waals surface area contributed by atoms with E-state index in [4.69, 9.17) is 5.11 Å². The number of allylic oxidation sites excluding steroid dienone is 1. The minimum Gasteiger partial charge on any atom is -0.506 e. The molecular weight excluding hydrogens is 416 g/mol. The summed E-state index contributed by atoms with van der Waals surface area (Å²) in [5, 5.41) is 48.9. The van der Waals surface area contributed by atoms with Crippen molar-refractivity contribution in [3.8, 4) is 22.3 Å². The van der Waals surface area contributed by atoms with Crippen LogP contribution in [0.1, 0.15) is 22.3 Å². The summed E-state index contributed by atoms with van der Waals surface area (Å²) < 4.78 is 0. The maximum atomic E-state index is 10.5. The molecule has 3 aromatic carbocycles. The Morgan fingerprint density at radius 3 is 1.91 bits per heavy atom. The molecule has 0 heterocycles. The highest BCUT2D eigenvalue weighted by molar-refractivity contribution is 5.90. The minimum absolute atomic E-state index is 0.0641. The Balaban J connectivity index is 2.19. The monoisotopic (exact) mass is 444 g/mol. The summed E-state index contributed by atoms with van der Waals surface area (Å²) >= 11 is 0. The molecule has 0 aliphatic rings. The smallest absolute Gasteiger partial charge is 0.204 e. The summed E-state index contributed by atoms with van der Waals surface area (Å²) in [4.78, 5) is 0. The van der Waals surface area contributed by atoms with Crippen molar-refractivity contribution in [2.45, 2.75) is 20.8 Å². The molecule has 0 unspecified atom stereocenters. The van der Waals surface area contributed by atoms with Crippen molar-refractivity contribution in [3.05, 3.63) is 113 Å². The maximum absolute atomic E-state index is 10.5. The molecule has 5 heteroatoms. The van der Waals surface area contributed by atoms with Crippen LogP contribution in [0.3, 0.4) is 0 Å². The van der Waals surface area contributed by atoms with Gasteiger partial charge in [-0.1, -0.05) is 67.2 Å². The van der Waals surface area contributed by atoms with Crippen LogP contribution >= 0.6 is 0 Å². The van der Waals surface area contributed by atoms with E-state index in [-0.39, 0.29) is 5.57 Å². The molecule has 0 aromatic heterocycles. The molecule has 0 saturated heterocycles. The van der Waals surface area contributed by atoms with Crippen LogP contribution in [0.15, 0.2) is 90.3 Å². The van der Waals surface area contributed by atoms with Gasteiger partial charge in [0.05, 0.1) is 0 Å². The lowest BCUT2D eigenvalue weighted by Crippen LogP contribution is -2.03. The Morgan fingerprint density at radius 2 is 1.24 bits per heavy atom. The average Bonchev–Trinajstić information content (AvgIpc) is 2.82. The average molecular weight is 445 g/mol. The molecule has 0 atom stereocenters. The van der Waals surface area contributed by atoms with Gasteiger partial charge in [0.15, 0.2) is 11.5 Å². The second-order valence-corrected chi connectivity index (χ2v) is 7.92. The third kappa shape index (κ3) is 4.49. The van der Waals surface area contributed by atoms with Crippen LogP contribution in [0.4, 0.5) is 0 Å². The highest BCUT2D eigenvalue weighted by Gasteiger charge is 2.20. The molecule has 170 valence electrons. The molecule has 3 rings (SSSR count). The van der Waals surface area contributed by atoms with Crippen LogP contribution in [-0.4, -0.2) is 32.1 Å². The van der Waals surface area contributed by atoms with Crippen molar-refractivity contribution in [3.63, 3.8) is 0 Å². The topological polar surface area (TPSA) is 101 Å². The third-order valence-corrected chi connectivity index (χ3v) is 5.79. The fourth-order valence-electron chi connectivity index (χ4n) is 3.95. The van der Waals surface area contributed by atoms with Gasteiger partial charge in [-0.15, -0.1) is 0 Å². The predicted molar refractivity (Wildman–Crippen MR) is 132 cm³/mol. The summed E-state index contributed by atoms with van der Waals surface area (Å²) in [7, 11) is 0. The first-order valence-corrected chi connectivity index (χ1v) is 10.5. The summed E-state index contributed by atoms with van der Waals surface area (Å²) in [6.45, 7) is 9.02. The fourth-order valence-corrected chi connectivity index (χ4v) is 3.95. The molecule has 5 nitrogen and oxygen atoms in total. The van der Waals surface area contributed by atoms with Gasteiger partial charge in [-0.05, 0) is 65.3 Å². The number of rotatable bonds is 6. The summed E-state index contributed by atoms with van der Waals surface area (Å²) in [5.74, 6) is -3.53. The molecule has 0 amide bonds. The van der Waals surface area contributed by atoms with E-state index in [9.17, 15) is 20.4 Å². The van der Waals surface area contributed by atoms with Gasteiger partial charge in [-0.2, -0.15) is 0 Å². The number of hydrogen-bond donors (Lipinski definition) is 5. The van der Waals surface area contributed by atoms with E-state index in [1.165, 1.54) is 0 Å². The van der Waals surface area contributed by atoms with Gasteiger partial charge < -0.3 is 25.5 Å². The molecule has 0 spiro atoms. The van der Waals surface area contributed by atoms with Crippen LogP contribution in [-0.2, 0) is 0 Å². The number of aliphatic hydroxyl groups is 5. The minimum atomic E-state index is -1.01. The standard InChI is InChI=1S/C28H28O5/c1-16-9-5-6-11-20(16)25-17(2)10-7-14-23(25)22-13-8-12-21(18(22)3)19(4)26(31)28(33)27(32)24(30)15-29/h5-14,29-33H,4,15H2,1-3H3/b27-24-,28-26-. The number of benzene rings is 3. The lowest BCUT2D eigenvalue weighted by atomic mass is 9.85. The molecule has 3 aromatic rings.